The molecule has 1 aliphatic rings. The summed E-state index contributed by atoms with van der Waals surface area (Å²) in [6, 6.07) is 16.2. The average molecular weight is 429 g/mol. The largest absolute Gasteiger partial charge is 0.356 e. The molecule has 160 valence electrons. The fraction of sp³-hybridized carbons (Fsp3) is 0.391. The second kappa shape index (κ2) is 10.00. The van der Waals surface area contributed by atoms with Gasteiger partial charge in [0.1, 0.15) is 0 Å². The number of rotatable bonds is 8. The number of benzene rings is 2. The Labute approximate surface area is 178 Å². The van der Waals surface area contributed by atoms with Crippen molar-refractivity contribution in [3.63, 3.8) is 0 Å². The summed E-state index contributed by atoms with van der Waals surface area (Å²) in [4.78, 5) is 24.0. The summed E-state index contributed by atoms with van der Waals surface area (Å²) in [6.45, 7) is 2.70. The molecule has 2 aromatic carbocycles. The highest BCUT2D eigenvalue weighted by Gasteiger charge is 2.32. The summed E-state index contributed by atoms with van der Waals surface area (Å²) in [5.41, 5.74) is 1.73. The second-order valence-electron chi connectivity index (χ2n) is 7.64. The van der Waals surface area contributed by atoms with Gasteiger partial charge in [0.05, 0.1) is 4.90 Å². The van der Waals surface area contributed by atoms with Crippen molar-refractivity contribution in [1.82, 2.24) is 9.62 Å². The number of carbonyl (C=O) groups excluding carboxylic acids is 2. The molecule has 1 saturated heterocycles. The molecule has 2 aromatic rings. The standard InChI is InChI=1S/C23H28N2O4S/c1-18(26)20-9-11-22(12-10-20)30(28,29)25-16-13-21(14-17-25)23(27)24-15-5-8-19-6-3-2-4-7-19/h2-4,6-7,9-12,21H,5,8,13-17H2,1H3,(H,24,27). The summed E-state index contributed by atoms with van der Waals surface area (Å²) < 4.78 is 27.1. The minimum Gasteiger partial charge on any atom is -0.356 e. The lowest BCUT2D eigenvalue weighted by molar-refractivity contribution is -0.126. The first-order valence-electron chi connectivity index (χ1n) is 10.3. The minimum absolute atomic E-state index is 0.00548. The van der Waals surface area contributed by atoms with Crippen molar-refractivity contribution in [2.24, 2.45) is 5.92 Å². The smallest absolute Gasteiger partial charge is 0.243 e. The highest BCUT2D eigenvalue weighted by Crippen LogP contribution is 2.24. The van der Waals surface area contributed by atoms with E-state index in [2.05, 4.69) is 17.4 Å². The lowest BCUT2D eigenvalue weighted by Gasteiger charge is -2.30. The number of ketones is 1. The molecular formula is C23H28N2O4S. The Morgan fingerprint density at radius 2 is 1.63 bits per heavy atom. The first-order chi connectivity index (χ1) is 14.4. The van der Waals surface area contributed by atoms with E-state index in [9.17, 15) is 18.0 Å². The van der Waals surface area contributed by atoms with Crippen molar-refractivity contribution < 1.29 is 18.0 Å². The van der Waals surface area contributed by atoms with E-state index in [1.807, 2.05) is 18.2 Å². The van der Waals surface area contributed by atoms with E-state index in [0.717, 1.165) is 12.8 Å². The first kappa shape index (κ1) is 22.2. The highest BCUT2D eigenvalue weighted by atomic mass is 32.2. The number of nitrogens with one attached hydrogen (secondary N) is 1. The number of hydrogen-bond donors (Lipinski definition) is 1. The van der Waals surface area contributed by atoms with Gasteiger partial charge in [0.2, 0.25) is 15.9 Å². The van der Waals surface area contributed by atoms with Crippen LogP contribution in [0.15, 0.2) is 59.5 Å². The minimum atomic E-state index is -3.61. The molecule has 0 saturated carbocycles. The molecule has 0 spiro atoms. The van der Waals surface area contributed by atoms with Gasteiger partial charge in [-0.3, -0.25) is 9.59 Å². The molecule has 1 N–H and O–H groups in total. The molecule has 1 aliphatic heterocycles. The number of Topliss-reactive ketones (excluding diaryl/α,β-unsaturated/α-hetero) is 1. The van der Waals surface area contributed by atoms with E-state index in [-0.39, 0.29) is 22.5 Å². The van der Waals surface area contributed by atoms with Crippen molar-refractivity contribution >= 4 is 21.7 Å². The Hall–Kier alpha value is -2.51. The predicted molar refractivity (Wildman–Crippen MR) is 116 cm³/mol. The molecule has 1 amide bonds. The van der Waals surface area contributed by atoms with Crippen LogP contribution in [0.2, 0.25) is 0 Å². The van der Waals surface area contributed by atoms with Crippen molar-refractivity contribution in [2.45, 2.75) is 37.5 Å². The predicted octanol–water partition coefficient (Wildman–Crippen LogP) is 3.04. The zero-order valence-electron chi connectivity index (χ0n) is 17.2. The lowest BCUT2D eigenvalue weighted by Crippen LogP contribution is -2.43. The number of carbonyl (C=O) groups is 2. The summed E-state index contributed by atoms with van der Waals surface area (Å²) in [7, 11) is -3.61. The molecule has 0 bridgehead atoms. The van der Waals surface area contributed by atoms with Gasteiger partial charge in [-0.1, -0.05) is 42.5 Å². The topological polar surface area (TPSA) is 83.6 Å². The highest BCUT2D eigenvalue weighted by molar-refractivity contribution is 7.89. The molecule has 3 rings (SSSR count). The van der Waals surface area contributed by atoms with Crippen LogP contribution in [0.4, 0.5) is 0 Å². The van der Waals surface area contributed by atoms with Crippen LogP contribution in [-0.4, -0.2) is 44.0 Å². The molecule has 0 aromatic heterocycles. The van der Waals surface area contributed by atoms with Gasteiger partial charge in [0, 0.05) is 31.1 Å². The van der Waals surface area contributed by atoms with Crippen LogP contribution in [0.5, 0.6) is 0 Å². The Bertz CT molecular complexity index is 964. The Kier molecular flexibility index (Phi) is 7.39. The number of sulfonamides is 1. The van der Waals surface area contributed by atoms with Gasteiger partial charge in [-0.25, -0.2) is 8.42 Å². The number of piperidine rings is 1. The maximum absolute atomic E-state index is 12.8. The van der Waals surface area contributed by atoms with E-state index >= 15 is 0 Å². The van der Waals surface area contributed by atoms with Gasteiger partial charge in [-0.2, -0.15) is 4.31 Å². The Morgan fingerprint density at radius 3 is 2.23 bits per heavy atom. The molecule has 6 nitrogen and oxygen atoms in total. The lowest BCUT2D eigenvalue weighted by atomic mass is 9.97. The van der Waals surface area contributed by atoms with Crippen molar-refractivity contribution in [2.75, 3.05) is 19.6 Å². The molecular weight excluding hydrogens is 400 g/mol. The first-order valence-corrected chi connectivity index (χ1v) is 11.7. The Morgan fingerprint density at radius 1 is 1.00 bits per heavy atom. The molecule has 1 heterocycles. The van der Waals surface area contributed by atoms with E-state index in [4.69, 9.17) is 0 Å². The second-order valence-corrected chi connectivity index (χ2v) is 9.58. The third-order valence-electron chi connectivity index (χ3n) is 5.51. The van der Waals surface area contributed by atoms with Crippen LogP contribution in [-0.2, 0) is 21.2 Å². The molecule has 0 unspecified atom stereocenters. The van der Waals surface area contributed by atoms with Crippen LogP contribution in [0.1, 0.15) is 42.1 Å². The van der Waals surface area contributed by atoms with Gasteiger partial charge in [0.15, 0.2) is 5.78 Å². The van der Waals surface area contributed by atoms with Crippen molar-refractivity contribution in [3.8, 4) is 0 Å². The SMILES string of the molecule is CC(=O)c1ccc(S(=O)(=O)N2CCC(C(=O)NCCCc3ccccc3)CC2)cc1. The quantitative estimate of drug-likeness (QED) is 0.517. The van der Waals surface area contributed by atoms with E-state index in [0.29, 0.717) is 38.0 Å². The monoisotopic (exact) mass is 428 g/mol. The third kappa shape index (κ3) is 5.55. The van der Waals surface area contributed by atoms with E-state index in [1.165, 1.54) is 41.1 Å². The van der Waals surface area contributed by atoms with Gasteiger partial charge in [-0.05, 0) is 50.3 Å². The van der Waals surface area contributed by atoms with Gasteiger partial charge >= 0.3 is 0 Å². The fourth-order valence-electron chi connectivity index (χ4n) is 3.66. The maximum Gasteiger partial charge on any atom is 0.243 e. The summed E-state index contributed by atoms with van der Waals surface area (Å²) in [5.74, 6) is -0.256. The maximum atomic E-state index is 12.8. The Balaban J connectivity index is 1.46. The molecule has 7 heteroatoms. The summed E-state index contributed by atoms with van der Waals surface area (Å²) in [5, 5.41) is 2.99. The van der Waals surface area contributed by atoms with Crippen molar-refractivity contribution in [1.29, 1.82) is 0 Å². The molecule has 0 radical (unpaired) electrons. The van der Waals surface area contributed by atoms with Crippen LogP contribution in [0, 0.1) is 5.92 Å². The zero-order valence-corrected chi connectivity index (χ0v) is 18.0. The van der Waals surface area contributed by atoms with Crippen molar-refractivity contribution in [3.05, 3.63) is 65.7 Å². The van der Waals surface area contributed by atoms with Crippen LogP contribution in [0.3, 0.4) is 0 Å². The van der Waals surface area contributed by atoms with Gasteiger partial charge in [0.25, 0.3) is 0 Å². The zero-order chi connectivity index (χ0) is 21.6. The molecule has 0 atom stereocenters. The number of hydrogen-bond acceptors (Lipinski definition) is 4. The fourth-order valence-corrected chi connectivity index (χ4v) is 5.13. The molecule has 0 aliphatic carbocycles. The van der Waals surface area contributed by atoms with E-state index in [1.54, 1.807) is 0 Å². The van der Waals surface area contributed by atoms with Crippen LogP contribution in [0.25, 0.3) is 0 Å². The normalized spacial score (nSPS) is 15.6. The van der Waals surface area contributed by atoms with Gasteiger partial charge in [-0.15, -0.1) is 0 Å². The number of aryl methyl sites for hydroxylation is 1. The third-order valence-corrected chi connectivity index (χ3v) is 7.42. The van der Waals surface area contributed by atoms with Crippen LogP contribution < -0.4 is 5.32 Å². The van der Waals surface area contributed by atoms with Crippen LogP contribution >= 0.6 is 0 Å². The average Bonchev–Trinajstić information content (AvgIpc) is 2.77. The molecule has 1 fully saturated rings. The number of amides is 1. The summed E-state index contributed by atoms with van der Waals surface area (Å²) >= 11 is 0. The van der Waals surface area contributed by atoms with E-state index < -0.39 is 10.0 Å². The summed E-state index contributed by atoms with van der Waals surface area (Å²) in [6.07, 6.45) is 2.81. The number of nitrogens with zero attached hydrogens (tertiary/aromatic N) is 1. The molecule has 30 heavy (non-hydrogen) atoms. The van der Waals surface area contributed by atoms with Gasteiger partial charge < -0.3 is 5.32 Å².